The molecule has 1 aliphatic rings. The fraction of sp³-hybridized carbons (Fsp3) is 0.455. The molecule has 0 aliphatic carbocycles. The van der Waals surface area contributed by atoms with Crippen LogP contribution in [0.4, 0.5) is 0 Å². The molecule has 310 valence electrons. The Bertz CT molecular complexity index is 1810. The molecule has 2 aromatic heterocycles. The van der Waals surface area contributed by atoms with Gasteiger partial charge in [-0.05, 0) is 26.0 Å². The average Bonchev–Trinajstić information content (AvgIpc) is 3.86. The van der Waals surface area contributed by atoms with Crippen molar-refractivity contribution in [2.45, 2.75) is 104 Å². The highest BCUT2D eigenvalue weighted by Gasteiger charge is 2.39. The molecule has 3 rings (SSSR count). The Labute approximate surface area is 335 Å². The summed E-state index contributed by atoms with van der Waals surface area (Å²) >= 11 is 0. The van der Waals surface area contributed by atoms with Crippen molar-refractivity contribution in [1.82, 2.24) is 9.97 Å². The number of oxazole rings is 2. The molecule has 13 nitrogen and oxygen atoms in total. The summed E-state index contributed by atoms with van der Waals surface area (Å²) in [6.45, 7) is 10.8. The summed E-state index contributed by atoms with van der Waals surface area (Å²) in [5.74, 6) is -1.06. The summed E-state index contributed by atoms with van der Waals surface area (Å²) in [6.07, 6.45) is 24.7. The summed E-state index contributed by atoms with van der Waals surface area (Å²) in [4.78, 5) is 35.2. The molecule has 3 heterocycles. The number of aliphatic hydroxyl groups is 3. The lowest BCUT2D eigenvalue weighted by molar-refractivity contribution is -0.0461. The molecule has 0 radical (unpaired) electrons. The summed E-state index contributed by atoms with van der Waals surface area (Å²) in [7, 11) is 3.03. The van der Waals surface area contributed by atoms with Crippen molar-refractivity contribution in [1.29, 1.82) is 0 Å². The first-order valence-corrected chi connectivity index (χ1v) is 18.9. The van der Waals surface area contributed by atoms with Crippen LogP contribution >= 0.6 is 0 Å². The second kappa shape index (κ2) is 22.7. The van der Waals surface area contributed by atoms with Crippen LogP contribution in [0.1, 0.15) is 87.1 Å². The van der Waals surface area contributed by atoms with E-state index in [0.717, 1.165) is 0 Å². The van der Waals surface area contributed by atoms with E-state index in [1.807, 2.05) is 19.9 Å². The first-order valence-electron chi connectivity index (χ1n) is 18.9. The molecule has 57 heavy (non-hydrogen) atoms. The Kier molecular flexibility index (Phi) is 18.5. The number of hydrogen-bond donors (Lipinski definition) is 3. The third-order valence-electron chi connectivity index (χ3n) is 9.63. The lowest BCUT2D eigenvalue weighted by Crippen LogP contribution is -2.42. The van der Waals surface area contributed by atoms with E-state index in [2.05, 4.69) is 9.97 Å². The van der Waals surface area contributed by atoms with Gasteiger partial charge in [0.1, 0.15) is 24.7 Å². The maximum Gasteiger partial charge on any atom is 0.360 e. The molecular formula is C44H58N2O11. The molecule has 7 atom stereocenters. The minimum absolute atomic E-state index is 0.0353. The fourth-order valence-electron chi connectivity index (χ4n) is 5.61. The second-order valence-electron chi connectivity index (χ2n) is 14.6. The molecule has 0 saturated carbocycles. The van der Waals surface area contributed by atoms with Crippen LogP contribution in [0.15, 0.2) is 113 Å². The van der Waals surface area contributed by atoms with E-state index < -0.39 is 65.5 Å². The zero-order valence-corrected chi connectivity index (χ0v) is 34.1. The third kappa shape index (κ3) is 14.2. The van der Waals surface area contributed by atoms with Gasteiger partial charge in [0.25, 0.3) is 0 Å². The molecule has 4 bridgehead atoms. The maximum absolute atomic E-state index is 13.3. The number of cyclic esters (lactones) is 2. The Balaban J connectivity index is 1.96. The number of rotatable bonds is 8. The Morgan fingerprint density at radius 2 is 1.32 bits per heavy atom. The maximum atomic E-state index is 13.3. The number of hydrogen-bond acceptors (Lipinski definition) is 13. The number of ether oxygens (including phenoxy) is 4. The SMILES string of the molecule is C/C=C/[C@H](O)C(C)(C)[C@H]1C\C=C/C=C\C=C\[C@@H](OC)Cc2nc(co2)C(=O)O[C@@H](C(C)(C)[C@@H](O)/C=C/C)C/C=C\[C@@H](O)/C=C/C(OC)/C=C\c2nc(co2)C(=O)O1. The standard InChI is InChI=1S/C44H58N2O11/c1-9-17-35(48)43(3,4)37-21-15-13-11-12-14-20-32(53-8)27-40-46-34(29-55-40)42(51)57-38(44(5,6)36(49)18-10-2)22-16-19-30(47)23-24-31(52-7)25-26-39-45-33(28-54-39)41(50)56-37/h9-20,23-26,28-32,35-38,47-49H,21-22,27H2,1-8H3/b12-11-,15-13-,17-9+,18-10+,19-16-,20-14+,24-23+,26-25-/t30-,31?,32-,35+,36+,37-,38-/m1/s1. The molecular weight excluding hydrogens is 732 g/mol. The van der Waals surface area contributed by atoms with Gasteiger partial charge in [-0.25, -0.2) is 19.6 Å². The number of allylic oxidation sites excluding steroid dienone is 6. The average molecular weight is 791 g/mol. The van der Waals surface area contributed by atoms with Gasteiger partial charge in [0.05, 0.1) is 36.9 Å². The van der Waals surface area contributed by atoms with E-state index in [4.69, 9.17) is 27.8 Å². The van der Waals surface area contributed by atoms with Crippen molar-refractivity contribution in [3.8, 4) is 0 Å². The van der Waals surface area contributed by atoms with Crippen LogP contribution in [-0.2, 0) is 25.4 Å². The number of aliphatic hydroxyl groups excluding tert-OH is 3. The minimum atomic E-state index is -1.03. The summed E-state index contributed by atoms with van der Waals surface area (Å²) in [5.41, 5.74) is -1.88. The van der Waals surface area contributed by atoms with Gasteiger partial charge in [-0.15, -0.1) is 0 Å². The molecule has 0 aromatic carbocycles. The minimum Gasteiger partial charge on any atom is -0.457 e. The van der Waals surface area contributed by atoms with E-state index in [0.29, 0.717) is 6.42 Å². The highest BCUT2D eigenvalue weighted by molar-refractivity contribution is 5.87. The molecule has 0 fully saturated rings. The van der Waals surface area contributed by atoms with Gasteiger partial charge < -0.3 is 43.1 Å². The van der Waals surface area contributed by atoms with Crippen molar-refractivity contribution < 1.29 is 52.7 Å². The third-order valence-corrected chi connectivity index (χ3v) is 9.63. The predicted molar refractivity (Wildman–Crippen MR) is 216 cm³/mol. The lowest BCUT2D eigenvalue weighted by Gasteiger charge is -2.36. The van der Waals surface area contributed by atoms with Crippen LogP contribution in [-0.4, -0.2) is 94.2 Å². The summed E-state index contributed by atoms with van der Waals surface area (Å²) < 4.78 is 34.0. The van der Waals surface area contributed by atoms with Gasteiger partial charge in [-0.3, -0.25) is 0 Å². The van der Waals surface area contributed by atoms with Crippen LogP contribution < -0.4 is 0 Å². The van der Waals surface area contributed by atoms with Gasteiger partial charge in [0.15, 0.2) is 17.3 Å². The Morgan fingerprint density at radius 3 is 1.91 bits per heavy atom. The lowest BCUT2D eigenvalue weighted by atomic mass is 9.79. The molecule has 0 spiro atoms. The normalized spacial score (nSPS) is 27.2. The number of methoxy groups -OCH3 is 2. The van der Waals surface area contributed by atoms with Crippen LogP contribution in [0.2, 0.25) is 0 Å². The number of esters is 2. The van der Waals surface area contributed by atoms with Crippen LogP contribution in [0.3, 0.4) is 0 Å². The molecule has 13 heteroatoms. The number of carbonyl (C=O) groups is 2. The smallest absolute Gasteiger partial charge is 0.360 e. The number of fused-ring (bicyclic) bond motifs is 4. The molecule has 2 aromatic rings. The van der Waals surface area contributed by atoms with Gasteiger partial charge in [0.2, 0.25) is 5.89 Å². The van der Waals surface area contributed by atoms with Crippen molar-refractivity contribution >= 4 is 18.0 Å². The monoisotopic (exact) mass is 790 g/mol. The summed E-state index contributed by atoms with van der Waals surface area (Å²) in [5, 5.41) is 32.5. The predicted octanol–water partition coefficient (Wildman–Crippen LogP) is 6.86. The molecule has 1 unspecified atom stereocenters. The van der Waals surface area contributed by atoms with Crippen molar-refractivity contribution in [3.63, 3.8) is 0 Å². The van der Waals surface area contributed by atoms with Gasteiger partial charge in [0, 0.05) is 37.9 Å². The summed E-state index contributed by atoms with van der Waals surface area (Å²) in [6, 6.07) is 0. The van der Waals surface area contributed by atoms with Crippen LogP contribution in [0.25, 0.3) is 6.08 Å². The topological polar surface area (TPSA) is 184 Å². The number of aromatic nitrogens is 2. The van der Waals surface area contributed by atoms with E-state index in [9.17, 15) is 24.9 Å². The van der Waals surface area contributed by atoms with Crippen molar-refractivity contribution in [3.05, 3.63) is 127 Å². The van der Waals surface area contributed by atoms with Gasteiger partial charge >= 0.3 is 11.9 Å². The van der Waals surface area contributed by atoms with Crippen molar-refractivity contribution in [2.75, 3.05) is 14.2 Å². The van der Waals surface area contributed by atoms with E-state index in [-0.39, 0.29) is 36.0 Å². The van der Waals surface area contributed by atoms with Gasteiger partial charge in [-0.2, -0.15) is 0 Å². The van der Waals surface area contributed by atoms with E-state index in [1.165, 1.54) is 37.9 Å². The largest absolute Gasteiger partial charge is 0.457 e. The van der Waals surface area contributed by atoms with E-state index in [1.54, 1.807) is 108 Å². The molecule has 0 amide bonds. The van der Waals surface area contributed by atoms with E-state index >= 15 is 0 Å². The molecule has 0 saturated heterocycles. The Hall–Kier alpha value is -4.92. The fourth-order valence-corrected chi connectivity index (χ4v) is 5.61. The highest BCUT2D eigenvalue weighted by Crippen LogP contribution is 2.33. The Morgan fingerprint density at radius 1 is 0.737 bits per heavy atom. The zero-order chi connectivity index (χ0) is 42.0. The first kappa shape index (κ1) is 46.5. The number of nitrogens with zero attached hydrogens (tertiary/aromatic N) is 2. The first-order chi connectivity index (χ1) is 27.2. The molecule has 1 aliphatic heterocycles. The highest BCUT2D eigenvalue weighted by atomic mass is 16.6. The van der Waals surface area contributed by atoms with Gasteiger partial charge in [-0.1, -0.05) is 113 Å². The van der Waals surface area contributed by atoms with Crippen LogP contribution in [0.5, 0.6) is 0 Å². The second-order valence-corrected chi connectivity index (χ2v) is 14.6. The quantitative estimate of drug-likeness (QED) is 0.186. The number of carbonyl (C=O) groups excluding carboxylic acids is 2. The van der Waals surface area contributed by atoms with Crippen LogP contribution in [0, 0.1) is 10.8 Å². The molecule has 3 N–H and O–H groups in total. The van der Waals surface area contributed by atoms with Crippen molar-refractivity contribution in [2.24, 2.45) is 10.8 Å². The zero-order valence-electron chi connectivity index (χ0n) is 34.1.